The summed E-state index contributed by atoms with van der Waals surface area (Å²) in [5.74, 6) is 0.617. The van der Waals surface area contributed by atoms with E-state index in [1.54, 1.807) is 0 Å². The predicted octanol–water partition coefficient (Wildman–Crippen LogP) is 1.65. The summed E-state index contributed by atoms with van der Waals surface area (Å²) in [5, 5.41) is 3.30. The quantitative estimate of drug-likeness (QED) is 0.703. The molecule has 1 saturated heterocycles. The molecule has 1 N–H and O–H groups in total. The van der Waals surface area contributed by atoms with Crippen molar-refractivity contribution >= 4 is 5.97 Å². The lowest BCUT2D eigenvalue weighted by atomic mass is 10.1. The molecule has 0 radical (unpaired) electrons. The van der Waals surface area contributed by atoms with Gasteiger partial charge in [-0.3, -0.25) is 9.69 Å². The van der Waals surface area contributed by atoms with Gasteiger partial charge in [0, 0.05) is 19.1 Å². The van der Waals surface area contributed by atoms with Crippen LogP contribution in [-0.2, 0) is 9.53 Å². The van der Waals surface area contributed by atoms with Crippen molar-refractivity contribution in [2.45, 2.75) is 52.6 Å². The lowest BCUT2D eigenvalue weighted by Crippen LogP contribution is -2.48. The van der Waals surface area contributed by atoms with Gasteiger partial charge in [0.25, 0.3) is 0 Å². The molecule has 18 heavy (non-hydrogen) atoms. The predicted molar refractivity (Wildman–Crippen MR) is 73.5 cm³/mol. The van der Waals surface area contributed by atoms with E-state index in [2.05, 4.69) is 31.0 Å². The Morgan fingerprint density at radius 3 is 2.67 bits per heavy atom. The molecule has 0 spiro atoms. The van der Waals surface area contributed by atoms with Crippen molar-refractivity contribution in [1.82, 2.24) is 10.2 Å². The Kier molecular flexibility index (Phi) is 6.65. The minimum Gasteiger partial charge on any atom is -0.465 e. The molecule has 4 heteroatoms. The number of likely N-dealkylation sites (tertiary alicyclic amines) is 1. The summed E-state index contributed by atoms with van der Waals surface area (Å²) in [6.07, 6.45) is 2.26. The topological polar surface area (TPSA) is 41.6 Å². The Hall–Kier alpha value is -0.610. The van der Waals surface area contributed by atoms with E-state index in [1.807, 2.05) is 6.92 Å². The third-order valence-corrected chi connectivity index (χ3v) is 3.54. The van der Waals surface area contributed by atoms with Gasteiger partial charge in [0.1, 0.15) is 6.04 Å². The van der Waals surface area contributed by atoms with E-state index in [0.717, 1.165) is 32.0 Å². The van der Waals surface area contributed by atoms with Crippen LogP contribution < -0.4 is 5.32 Å². The Labute approximate surface area is 111 Å². The largest absolute Gasteiger partial charge is 0.465 e. The molecule has 0 saturated carbocycles. The summed E-state index contributed by atoms with van der Waals surface area (Å²) >= 11 is 0. The summed E-state index contributed by atoms with van der Waals surface area (Å²) in [4.78, 5) is 14.3. The first kappa shape index (κ1) is 15.4. The summed E-state index contributed by atoms with van der Waals surface area (Å²) in [6.45, 7) is 11.7. The van der Waals surface area contributed by atoms with E-state index >= 15 is 0 Å². The van der Waals surface area contributed by atoms with Crippen molar-refractivity contribution in [3.8, 4) is 0 Å². The number of esters is 1. The molecule has 4 nitrogen and oxygen atoms in total. The van der Waals surface area contributed by atoms with E-state index in [9.17, 15) is 4.79 Å². The highest BCUT2D eigenvalue weighted by Gasteiger charge is 2.30. The van der Waals surface area contributed by atoms with Gasteiger partial charge in [0.05, 0.1) is 6.61 Å². The minimum atomic E-state index is -0.183. The van der Waals surface area contributed by atoms with Crippen LogP contribution >= 0.6 is 0 Å². The first-order valence-electron chi connectivity index (χ1n) is 7.22. The number of hydrogen-bond acceptors (Lipinski definition) is 4. The molecular formula is C14H28N2O2. The van der Waals surface area contributed by atoms with E-state index in [1.165, 1.54) is 6.42 Å². The monoisotopic (exact) mass is 256 g/mol. The summed E-state index contributed by atoms with van der Waals surface area (Å²) in [6, 6.07) is 0.387. The molecule has 0 aromatic heterocycles. The van der Waals surface area contributed by atoms with Crippen LogP contribution in [-0.4, -0.2) is 49.2 Å². The van der Waals surface area contributed by atoms with E-state index < -0.39 is 0 Å². The smallest absolute Gasteiger partial charge is 0.324 e. The highest BCUT2D eigenvalue weighted by atomic mass is 16.5. The van der Waals surface area contributed by atoms with Crippen molar-refractivity contribution in [1.29, 1.82) is 0 Å². The molecule has 0 bridgehead atoms. The molecule has 1 fully saturated rings. The first-order valence-corrected chi connectivity index (χ1v) is 7.22. The number of hydrogen-bond donors (Lipinski definition) is 1. The third kappa shape index (κ3) is 4.58. The molecule has 0 aromatic rings. The fourth-order valence-electron chi connectivity index (χ4n) is 2.66. The molecule has 3 atom stereocenters. The van der Waals surface area contributed by atoms with Crippen LogP contribution in [0.15, 0.2) is 0 Å². The van der Waals surface area contributed by atoms with Crippen molar-refractivity contribution in [2.24, 2.45) is 5.92 Å². The Bertz CT molecular complexity index is 258. The van der Waals surface area contributed by atoms with Crippen LogP contribution in [0.1, 0.15) is 40.5 Å². The van der Waals surface area contributed by atoms with Gasteiger partial charge in [-0.25, -0.2) is 0 Å². The zero-order chi connectivity index (χ0) is 13.5. The fourth-order valence-corrected chi connectivity index (χ4v) is 2.66. The molecule has 0 aliphatic carbocycles. The summed E-state index contributed by atoms with van der Waals surface area (Å²) in [5.41, 5.74) is 0. The van der Waals surface area contributed by atoms with Crippen LogP contribution in [0, 0.1) is 5.92 Å². The standard InChI is InChI=1S/C14H28N2O2/c1-5-7-15-13(14(17)18-6-2)10-16-9-11(3)8-12(16)4/h11-13,15H,5-10H2,1-4H3. The second kappa shape index (κ2) is 7.74. The first-order chi connectivity index (χ1) is 8.58. The van der Waals surface area contributed by atoms with E-state index in [0.29, 0.717) is 12.6 Å². The van der Waals surface area contributed by atoms with Gasteiger partial charge in [-0.2, -0.15) is 0 Å². The highest BCUT2D eigenvalue weighted by molar-refractivity contribution is 5.76. The van der Waals surface area contributed by atoms with Gasteiger partial charge in [-0.15, -0.1) is 0 Å². The third-order valence-electron chi connectivity index (χ3n) is 3.54. The number of rotatable bonds is 7. The number of nitrogens with one attached hydrogen (secondary N) is 1. The minimum absolute atomic E-state index is 0.113. The molecule has 0 aromatic carbocycles. The number of carbonyl (C=O) groups excluding carboxylic acids is 1. The zero-order valence-corrected chi connectivity index (χ0v) is 12.2. The van der Waals surface area contributed by atoms with Crippen molar-refractivity contribution < 1.29 is 9.53 Å². The number of nitrogens with zero attached hydrogens (tertiary/aromatic N) is 1. The number of carbonyl (C=O) groups is 1. The van der Waals surface area contributed by atoms with Crippen LogP contribution in [0.3, 0.4) is 0 Å². The lowest BCUT2D eigenvalue weighted by Gasteiger charge is -2.26. The van der Waals surface area contributed by atoms with Crippen LogP contribution in [0.2, 0.25) is 0 Å². The fraction of sp³-hybridized carbons (Fsp3) is 0.929. The molecule has 1 rings (SSSR count). The Morgan fingerprint density at radius 2 is 2.17 bits per heavy atom. The second-order valence-corrected chi connectivity index (χ2v) is 5.40. The lowest BCUT2D eigenvalue weighted by molar-refractivity contribution is -0.146. The van der Waals surface area contributed by atoms with Gasteiger partial charge in [0.2, 0.25) is 0 Å². The van der Waals surface area contributed by atoms with Crippen molar-refractivity contribution in [3.63, 3.8) is 0 Å². The highest BCUT2D eigenvalue weighted by Crippen LogP contribution is 2.22. The maximum Gasteiger partial charge on any atom is 0.324 e. The maximum absolute atomic E-state index is 11.9. The maximum atomic E-state index is 11.9. The molecule has 1 aliphatic rings. The van der Waals surface area contributed by atoms with E-state index in [4.69, 9.17) is 4.74 Å². The molecule has 0 amide bonds. The van der Waals surface area contributed by atoms with Gasteiger partial charge in [-0.05, 0) is 39.2 Å². The summed E-state index contributed by atoms with van der Waals surface area (Å²) < 4.78 is 5.15. The Morgan fingerprint density at radius 1 is 1.44 bits per heavy atom. The van der Waals surface area contributed by atoms with Crippen molar-refractivity contribution in [2.75, 3.05) is 26.2 Å². The van der Waals surface area contributed by atoms with Crippen LogP contribution in [0.4, 0.5) is 0 Å². The van der Waals surface area contributed by atoms with Crippen LogP contribution in [0.25, 0.3) is 0 Å². The molecule has 1 heterocycles. The van der Waals surface area contributed by atoms with Crippen LogP contribution in [0.5, 0.6) is 0 Å². The molecule has 106 valence electrons. The van der Waals surface area contributed by atoms with Gasteiger partial charge in [0.15, 0.2) is 0 Å². The zero-order valence-electron chi connectivity index (χ0n) is 12.2. The normalized spacial score (nSPS) is 26.2. The van der Waals surface area contributed by atoms with E-state index in [-0.39, 0.29) is 12.0 Å². The van der Waals surface area contributed by atoms with Gasteiger partial charge >= 0.3 is 5.97 Å². The molecule has 1 aliphatic heterocycles. The molecule has 3 unspecified atom stereocenters. The van der Waals surface area contributed by atoms with Crippen molar-refractivity contribution in [3.05, 3.63) is 0 Å². The SMILES string of the molecule is CCCNC(CN1CC(C)CC1C)C(=O)OCC. The molecular weight excluding hydrogens is 228 g/mol. The number of ether oxygens (including phenoxy) is 1. The summed E-state index contributed by atoms with van der Waals surface area (Å²) in [7, 11) is 0. The average molecular weight is 256 g/mol. The second-order valence-electron chi connectivity index (χ2n) is 5.40. The van der Waals surface area contributed by atoms with Gasteiger partial charge < -0.3 is 10.1 Å². The van der Waals surface area contributed by atoms with Gasteiger partial charge in [-0.1, -0.05) is 13.8 Å². The average Bonchev–Trinajstić information content (AvgIpc) is 2.63. The Balaban J connectivity index is 2.51.